The highest BCUT2D eigenvalue weighted by Gasteiger charge is 2.54. The molecular weight excluding hydrogens is 432 g/mol. The maximum atomic E-state index is 6.79. The van der Waals surface area contributed by atoms with Crippen molar-refractivity contribution in [2.45, 2.75) is 69.9 Å². The Morgan fingerprint density at radius 2 is 1.81 bits per heavy atom. The highest BCUT2D eigenvalue weighted by molar-refractivity contribution is 8.13. The summed E-state index contributed by atoms with van der Waals surface area (Å²) < 4.78 is 13.4. The number of thioether (sulfide) groups is 1. The normalized spacial score (nSPS) is 26.8. The number of aliphatic imine (C=N–C) groups is 1. The molecule has 5 rings (SSSR count). The predicted octanol–water partition coefficient (Wildman–Crippen LogP) is 6.59. The second-order valence-corrected chi connectivity index (χ2v) is 16.6. The van der Waals surface area contributed by atoms with Gasteiger partial charge in [-0.05, 0) is 42.2 Å². The fraction of sp³-hybridized carbons (Fsp3) is 0.500. The van der Waals surface area contributed by atoms with E-state index in [2.05, 4.69) is 94.2 Å². The zero-order chi connectivity index (χ0) is 22.7. The third-order valence-electron chi connectivity index (χ3n) is 7.77. The molecule has 0 amide bonds. The Morgan fingerprint density at radius 1 is 1.12 bits per heavy atom. The Morgan fingerprint density at radius 3 is 2.56 bits per heavy atom. The Balaban J connectivity index is 1.58. The largest absolute Gasteiger partial charge is 0.466 e. The lowest BCUT2D eigenvalue weighted by molar-refractivity contribution is -0.0596. The van der Waals surface area contributed by atoms with Crippen LogP contribution in [0.15, 0.2) is 53.5 Å². The van der Waals surface area contributed by atoms with Crippen molar-refractivity contribution in [3.05, 3.63) is 65.2 Å². The molecule has 2 bridgehead atoms. The first-order valence-electron chi connectivity index (χ1n) is 11.6. The molecule has 2 aromatic carbocycles. The van der Waals surface area contributed by atoms with Crippen molar-refractivity contribution in [1.29, 1.82) is 0 Å². The number of fused-ring (bicyclic) bond motifs is 7. The number of benzene rings is 2. The van der Waals surface area contributed by atoms with Crippen LogP contribution < -0.4 is 4.74 Å². The zero-order valence-corrected chi connectivity index (χ0v) is 21.8. The van der Waals surface area contributed by atoms with E-state index >= 15 is 0 Å². The lowest BCUT2D eigenvalue weighted by Crippen LogP contribution is -2.58. The molecule has 3 aliphatic heterocycles. The Hall–Kier alpha value is -1.76. The van der Waals surface area contributed by atoms with Gasteiger partial charge in [-0.25, -0.2) is 4.99 Å². The predicted molar refractivity (Wildman–Crippen MR) is 136 cm³/mol. The summed E-state index contributed by atoms with van der Waals surface area (Å²) in [6.07, 6.45) is 0. The number of para-hydroxylation sites is 1. The van der Waals surface area contributed by atoms with E-state index in [0.717, 1.165) is 23.2 Å². The maximum Gasteiger partial charge on any atom is 0.207 e. The van der Waals surface area contributed by atoms with E-state index < -0.39 is 14.0 Å². The molecule has 0 N–H and O–H groups in total. The van der Waals surface area contributed by atoms with Crippen molar-refractivity contribution >= 4 is 25.2 Å². The van der Waals surface area contributed by atoms with Gasteiger partial charge in [0.25, 0.3) is 0 Å². The van der Waals surface area contributed by atoms with Crippen LogP contribution in [-0.4, -0.2) is 30.7 Å². The number of rotatable bonds is 3. The van der Waals surface area contributed by atoms with Crippen molar-refractivity contribution in [3.63, 3.8) is 0 Å². The summed E-state index contributed by atoms with van der Waals surface area (Å²) in [5.41, 5.74) is 3.41. The van der Waals surface area contributed by atoms with Gasteiger partial charge in [0.15, 0.2) is 13.5 Å². The quantitative estimate of drug-likeness (QED) is 0.478. The second-order valence-electron chi connectivity index (χ2n) is 10.9. The Labute approximate surface area is 197 Å². The summed E-state index contributed by atoms with van der Waals surface area (Å²) in [4.78, 5) is 7.77. The van der Waals surface area contributed by atoms with E-state index in [1.165, 1.54) is 16.7 Å². The van der Waals surface area contributed by atoms with Gasteiger partial charge in [0.1, 0.15) is 5.75 Å². The van der Waals surface area contributed by atoms with Crippen LogP contribution in [-0.2, 0) is 16.7 Å². The lowest BCUT2D eigenvalue weighted by Gasteiger charge is -2.53. The van der Waals surface area contributed by atoms with Crippen molar-refractivity contribution in [2.75, 3.05) is 6.61 Å². The molecule has 0 saturated heterocycles. The van der Waals surface area contributed by atoms with Crippen LogP contribution in [0.25, 0.3) is 0 Å². The molecule has 32 heavy (non-hydrogen) atoms. The number of amidine groups is 1. The van der Waals surface area contributed by atoms with Gasteiger partial charge < -0.3 is 14.1 Å². The van der Waals surface area contributed by atoms with Crippen LogP contribution in [0.3, 0.4) is 0 Å². The van der Waals surface area contributed by atoms with E-state index in [4.69, 9.17) is 14.2 Å². The van der Waals surface area contributed by atoms with E-state index in [0.29, 0.717) is 6.61 Å². The summed E-state index contributed by atoms with van der Waals surface area (Å²) in [6.45, 7) is 15.2. The molecule has 170 valence electrons. The zero-order valence-electron chi connectivity index (χ0n) is 20.0. The standard InChI is InChI=1S/C26H34N2O2SSi/c1-25(2,3)32(5,6)29-16-21-23-20-13-9-10-14-22(20)30-26(21,4)27-24-28(23)15-18-11-7-8-12-19(18)17-31-24/h7-14,21,23H,15-17H2,1-6H3/t21-,23-,26-/m1/s1. The number of hydrogen-bond acceptors (Lipinski definition) is 5. The van der Waals surface area contributed by atoms with Crippen LogP contribution in [0.5, 0.6) is 5.75 Å². The van der Waals surface area contributed by atoms with Crippen molar-refractivity contribution in [2.24, 2.45) is 10.9 Å². The monoisotopic (exact) mass is 466 g/mol. The Kier molecular flexibility index (Phi) is 5.26. The van der Waals surface area contributed by atoms with E-state index in [1.54, 1.807) is 0 Å². The molecule has 0 radical (unpaired) electrons. The topological polar surface area (TPSA) is 34.1 Å². The first-order chi connectivity index (χ1) is 15.1. The van der Waals surface area contributed by atoms with E-state index in [1.807, 2.05) is 11.8 Å². The highest BCUT2D eigenvalue weighted by Crippen LogP contribution is 2.53. The summed E-state index contributed by atoms with van der Waals surface area (Å²) in [7, 11) is -1.90. The molecule has 0 saturated carbocycles. The minimum atomic E-state index is -1.90. The maximum absolute atomic E-state index is 6.79. The first-order valence-corrected chi connectivity index (χ1v) is 15.5. The second kappa shape index (κ2) is 7.64. The van der Waals surface area contributed by atoms with Crippen LogP contribution in [0.2, 0.25) is 18.1 Å². The summed E-state index contributed by atoms with van der Waals surface area (Å²) in [5.74, 6) is 2.02. The third-order valence-corrected chi connectivity index (χ3v) is 13.3. The van der Waals surface area contributed by atoms with Gasteiger partial charge in [-0.15, -0.1) is 0 Å². The van der Waals surface area contributed by atoms with Crippen molar-refractivity contribution in [3.8, 4) is 5.75 Å². The van der Waals surface area contributed by atoms with Gasteiger partial charge in [-0.2, -0.15) is 0 Å². The molecule has 0 aliphatic carbocycles. The van der Waals surface area contributed by atoms with E-state index in [9.17, 15) is 0 Å². The lowest BCUT2D eigenvalue weighted by atomic mass is 9.80. The van der Waals surface area contributed by atoms with Crippen LogP contribution in [0.4, 0.5) is 0 Å². The van der Waals surface area contributed by atoms with Crippen molar-refractivity contribution < 1.29 is 9.16 Å². The van der Waals surface area contributed by atoms with Gasteiger partial charge in [0.05, 0.1) is 12.0 Å². The summed E-state index contributed by atoms with van der Waals surface area (Å²) >= 11 is 1.83. The molecule has 3 heterocycles. The molecule has 2 aromatic rings. The fourth-order valence-corrected chi connectivity index (χ4v) is 6.89. The number of nitrogens with zero attached hydrogens (tertiary/aromatic N) is 2. The van der Waals surface area contributed by atoms with Crippen LogP contribution >= 0.6 is 11.8 Å². The number of hydrogen-bond donors (Lipinski definition) is 0. The Bertz CT molecular complexity index is 1060. The molecule has 0 fully saturated rings. The van der Waals surface area contributed by atoms with Crippen molar-refractivity contribution in [1.82, 2.24) is 4.90 Å². The van der Waals surface area contributed by atoms with Crippen LogP contribution in [0, 0.1) is 5.92 Å². The minimum absolute atomic E-state index is 0.126. The van der Waals surface area contributed by atoms with Crippen LogP contribution in [0.1, 0.15) is 50.4 Å². The molecular formula is C26H34N2O2SSi. The smallest absolute Gasteiger partial charge is 0.207 e. The molecule has 3 aliphatic rings. The average molecular weight is 467 g/mol. The SMILES string of the molecule is CC(C)(C)[Si](C)(C)OC[C@@H]1[C@H]2c3ccccc3O[C@@]1(C)N=C1SCc3ccccc3CN12. The van der Waals surface area contributed by atoms with Gasteiger partial charge in [0.2, 0.25) is 5.72 Å². The molecule has 0 spiro atoms. The molecule has 4 nitrogen and oxygen atoms in total. The van der Waals surface area contributed by atoms with Gasteiger partial charge in [0, 0.05) is 24.5 Å². The van der Waals surface area contributed by atoms with Gasteiger partial charge in [-0.3, -0.25) is 0 Å². The average Bonchev–Trinajstić information content (AvgIpc) is 2.90. The number of ether oxygens (including phenoxy) is 1. The molecule has 0 aromatic heterocycles. The minimum Gasteiger partial charge on any atom is -0.466 e. The molecule has 0 unspecified atom stereocenters. The summed E-state index contributed by atoms with van der Waals surface area (Å²) in [6, 6.07) is 17.5. The fourth-order valence-electron chi connectivity index (χ4n) is 4.71. The summed E-state index contributed by atoms with van der Waals surface area (Å²) in [5, 5.41) is 1.26. The van der Waals surface area contributed by atoms with Gasteiger partial charge in [-0.1, -0.05) is 75.0 Å². The molecule has 6 heteroatoms. The van der Waals surface area contributed by atoms with E-state index in [-0.39, 0.29) is 17.0 Å². The third kappa shape index (κ3) is 3.60. The highest BCUT2D eigenvalue weighted by atomic mass is 32.2. The first kappa shape index (κ1) is 22.1. The molecule has 3 atom stereocenters. The van der Waals surface area contributed by atoms with Gasteiger partial charge >= 0.3 is 0 Å².